The first-order valence-electron chi connectivity index (χ1n) is 6.40. The third kappa shape index (κ3) is 3.20. The van der Waals surface area contributed by atoms with Gasteiger partial charge in [0.1, 0.15) is 12.4 Å². The van der Waals surface area contributed by atoms with Gasteiger partial charge in [0.15, 0.2) is 0 Å². The summed E-state index contributed by atoms with van der Waals surface area (Å²) >= 11 is 0. The fraction of sp³-hybridized carbons (Fsp3) is 0.571. The topological polar surface area (TPSA) is 44.5 Å². The third-order valence-electron chi connectivity index (χ3n) is 3.21. The summed E-state index contributed by atoms with van der Waals surface area (Å²) in [5, 5.41) is 0. The SMILES string of the molecule is CC[C@@H](N)c1ccccc1OCC1CCCO1. The summed E-state index contributed by atoms with van der Waals surface area (Å²) in [5.74, 6) is 0.900. The van der Waals surface area contributed by atoms with Crippen LogP contribution in [0.1, 0.15) is 37.8 Å². The van der Waals surface area contributed by atoms with Crippen molar-refractivity contribution in [2.24, 2.45) is 5.73 Å². The molecule has 1 aromatic carbocycles. The second-order valence-corrected chi connectivity index (χ2v) is 4.50. The van der Waals surface area contributed by atoms with Crippen LogP contribution in [-0.2, 0) is 4.74 Å². The van der Waals surface area contributed by atoms with Crippen molar-refractivity contribution in [3.63, 3.8) is 0 Å². The smallest absolute Gasteiger partial charge is 0.124 e. The van der Waals surface area contributed by atoms with Crippen molar-refractivity contribution >= 4 is 0 Å². The Bertz CT molecular complexity index is 348. The Morgan fingerprint density at radius 2 is 2.29 bits per heavy atom. The molecule has 2 atom stereocenters. The van der Waals surface area contributed by atoms with E-state index in [2.05, 4.69) is 6.92 Å². The molecule has 1 aliphatic rings. The van der Waals surface area contributed by atoms with Gasteiger partial charge in [-0.3, -0.25) is 0 Å². The average molecular weight is 235 g/mol. The Labute approximate surface area is 103 Å². The number of nitrogens with two attached hydrogens (primary N) is 1. The molecular weight excluding hydrogens is 214 g/mol. The van der Waals surface area contributed by atoms with E-state index in [0.29, 0.717) is 6.61 Å². The highest BCUT2D eigenvalue weighted by Gasteiger charge is 2.17. The lowest BCUT2D eigenvalue weighted by Gasteiger charge is -2.17. The molecule has 3 heteroatoms. The number of benzene rings is 1. The molecule has 17 heavy (non-hydrogen) atoms. The van der Waals surface area contributed by atoms with Gasteiger partial charge < -0.3 is 15.2 Å². The van der Waals surface area contributed by atoms with Gasteiger partial charge >= 0.3 is 0 Å². The molecule has 0 spiro atoms. The number of hydrogen-bond donors (Lipinski definition) is 1. The maximum Gasteiger partial charge on any atom is 0.124 e. The van der Waals surface area contributed by atoms with Gasteiger partial charge in [-0.25, -0.2) is 0 Å². The monoisotopic (exact) mass is 235 g/mol. The summed E-state index contributed by atoms with van der Waals surface area (Å²) in [6.45, 7) is 3.58. The van der Waals surface area contributed by atoms with Gasteiger partial charge in [0.05, 0.1) is 6.10 Å². The van der Waals surface area contributed by atoms with Crippen LogP contribution in [0.4, 0.5) is 0 Å². The number of hydrogen-bond acceptors (Lipinski definition) is 3. The average Bonchev–Trinajstić information content (AvgIpc) is 2.89. The van der Waals surface area contributed by atoms with E-state index in [9.17, 15) is 0 Å². The minimum atomic E-state index is 0.0516. The van der Waals surface area contributed by atoms with E-state index >= 15 is 0 Å². The Balaban J connectivity index is 1.98. The van der Waals surface area contributed by atoms with Crippen LogP contribution in [0.15, 0.2) is 24.3 Å². The lowest BCUT2D eigenvalue weighted by atomic mass is 10.0. The fourth-order valence-electron chi connectivity index (χ4n) is 2.10. The molecule has 0 aromatic heterocycles. The lowest BCUT2D eigenvalue weighted by molar-refractivity contribution is 0.0675. The standard InChI is InChI=1S/C14H21NO2/c1-2-13(15)12-7-3-4-8-14(12)17-10-11-6-5-9-16-11/h3-4,7-8,11,13H,2,5-6,9-10,15H2,1H3/t11?,13-/m1/s1. The predicted molar refractivity (Wildman–Crippen MR) is 68.1 cm³/mol. The van der Waals surface area contributed by atoms with Gasteiger partial charge in [-0.1, -0.05) is 25.1 Å². The maximum absolute atomic E-state index is 6.07. The first-order valence-corrected chi connectivity index (χ1v) is 6.40. The minimum absolute atomic E-state index is 0.0516. The normalized spacial score (nSPS) is 21.4. The Morgan fingerprint density at radius 1 is 1.47 bits per heavy atom. The summed E-state index contributed by atoms with van der Waals surface area (Å²) in [7, 11) is 0. The zero-order chi connectivity index (χ0) is 12.1. The summed E-state index contributed by atoms with van der Waals surface area (Å²) in [6, 6.07) is 8.06. The highest BCUT2D eigenvalue weighted by Crippen LogP contribution is 2.26. The van der Waals surface area contributed by atoms with Gasteiger partial charge in [-0.2, -0.15) is 0 Å². The number of rotatable bonds is 5. The van der Waals surface area contributed by atoms with Crippen LogP contribution in [0.2, 0.25) is 0 Å². The van der Waals surface area contributed by atoms with Crippen LogP contribution in [0.3, 0.4) is 0 Å². The van der Waals surface area contributed by atoms with Gasteiger partial charge in [-0.05, 0) is 25.3 Å². The van der Waals surface area contributed by atoms with Crippen LogP contribution < -0.4 is 10.5 Å². The molecule has 94 valence electrons. The van der Waals surface area contributed by atoms with Crippen molar-refractivity contribution in [3.05, 3.63) is 29.8 Å². The third-order valence-corrected chi connectivity index (χ3v) is 3.21. The summed E-state index contributed by atoms with van der Waals surface area (Å²) in [6.07, 6.45) is 3.41. The van der Waals surface area contributed by atoms with Crippen LogP contribution in [0, 0.1) is 0 Å². The molecule has 0 amide bonds. The molecule has 1 unspecified atom stereocenters. The predicted octanol–water partition coefficient (Wildman–Crippen LogP) is 2.65. The van der Waals surface area contributed by atoms with E-state index in [0.717, 1.165) is 37.2 Å². The summed E-state index contributed by atoms with van der Waals surface area (Å²) < 4.78 is 11.4. The van der Waals surface area contributed by atoms with E-state index < -0.39 is 0 Å². The van der Waals surface area contributed by atoms with E-state index in [1.165, 1.54) is 0 Å². The zero-order valence-corrected chi connectivity index (χ0v) is 10.4. The van der Waals surface area contributed by atoms with Gasteiger partial charge in [0, 0.05) is 18.2 Å². The van der Waals surface area contributed by atoms with E-state index in [1.807, 2.05) is 24.3 Å². The molecule has 0 aliphatic carbocycles. The van der Waals surface area contributed by atoms with Crippen molar-refractivity contribution in [2.75, 3.05) is 13.2 Å². The number of ether oxygens (including phenoxy) is 2. The molecule has 1 heterocycles. The molecular formula is C14H21NO2. The fourth-order valence-corrected chi connectivity index (χ4v) is 2.10. The zero-order valence-electron chi connectivity index (χ0n) is 10.4. The molecule has 2 rings (SSSR count). The van der Waals surface area contributed by atoms with Crippen molar-refractivity contribution < 1.29 is 9.47 Å². The highest BCUT2D eigenvalue weighted by atomic mass is 16.5. The van der Waals surface area contributed by atoms with Crippen LogP contribution in [0.5, 0.6) is 5.75 Å². The largest absolute Gasteiger partial charge is 0.491 e. The van der Waals surface area contributed by atoms with E-state index in [-0.39, 0.29) is 12.1 Å². The molecule has 1 saturated heterocycles. The Morgan fingerprint density at radius 3 is 3.00 bits per heavy atom. The second-order valence-electron chi connectivity index (χ2n) is 4.50. The molecule has 1 fully saturated rings. The molecule has 0 bridgehead atoms. The van der Waals surface area contributed by atoms with E-state index in [1.54, 1.807) is 0 Å². The first-order chi connectivity index (χ1) is 8.31. The van der Waals surface area contributed by atoms with Crippen molar-refractivity contribution in [1.29, 1.82) is 0 Å². The maximum atomic E-state index is 6.07. The van der Waals surface area contributed by atoms with E-state index in [4.69, 9.17) is 15.2 Å². The molecule has 1 aromatic rings. The van der Waals surface area contributed by atoms with Gasteiger partial charge in [0.2, 0.25) is 0 Å². The van der Waals surface area contributed by atoms with Gasteiger partial charge in [-0.15, -0.1) is 0 Å². The summed E-state index contributed by atoms with van der Waals surface area (Å²) in [4.78, 5) is 0. The second kappa shape index (κ2) is 6.03. The first kappa shape index (κ1) is 12.4. The minimum Gasteiger partial charge on any atom is -0.491 e. The molecule has 0 radical (unpaired) electrons. The van der Waals surface area contributed by atoms with Crippen LogP contribution in [-0.4, -0.2) is 19.3 Å². The Hall–Kier alpha value is -1.06. The summed E-state index contributed by atoms with van der Waals surface area (Å²) in [5.41, 5.74) is 7.16. The number of para-hydroxylation sites is 1. The quantitative estimate of drug-likeness (QED) is 0.853. The van der Waals surface area contributed by atoms with Crippen molar-refractivity contribution in [3.8, 4) is 5.75 Å². The molecule has 1 aliphatic heterocycles. The molecule has 0 saturated carbocycles. The molecule has 2 N–H and O–H groups in total. The van der Waals surface area contributed by atoms with Gasteiger partial charge in [0.25, 0.3) is 0 Å². The van der Waals surface area contributed by atoms with Crippen LogP contribution in [0.25, 0.3) is 0 Å². The van der Waals surface area contributed by atoms with Crippen molar-refractivity contribution in [2.45, 2.75) is 38.3 Å². The van der Waals surface area contributed by atoms with Crippen molar-refractivity contribution in [1.82, 2.24) is 0 Å². The van der Waals surface area contributed by atoms with Crippen LogP contribution >= 0.6 is 0 Å². The molecule has 3 nitrogen and oxygen atoms in total. The lowest BCUT2D eigenvalue weighted by Crippen LogP contribution is -2.18. The highest BCUT2D eigenvalue weighted by molar-refractivity contribution is 5.35. The Kier molecular flexibility index (Phi) is 4.40.